The van der Waals surface area contributed by atoms with Gasteiger partial charge in [-0.15, -0.1) is 0 Å². The van der Waals surface area contributed by atoms with E-state index in [0.717, 1.165) is 32.1 Å². The molecule has 0 atom stereocenters. The van der Waals surface area contributed by atoms with Gasteiger partial charge in [0.2, 0.25) is 22.7 Å². The highest BCUT2D eigenvalue weighted by atomic mass is 32.2. The van der Waals surface area contributed by atoms with Crippen LogP contribution in [-0.2, 0) is 14.8 Å². The minimum absolute atomic E-state index is 0.0245. The van der Waals surface area contributed by atoms with Gasteiger partial charge in [0.25, 0.3) is 5.91 Å². The first-order chi connectivity index (χ1) is 15.8. The van der Waals surface area contributed by atoms with Gasteiger partial charge in [-0.3, -0.25) is 9.59 Å². The smallest absolute Gasteiger partial charge is 0.251 e. The molecule has 0 spiro atoms. The van der Waals surface area contributed by atoms with Gasteiger partial charge in [-0.2, -0.15) is 4.31 Å². The Morgan fingerprint density at radius 1 is 1.00 bits per heavy atom. The number of sulfonamides is 1. The molecule has 1 aliphatic heterocycles. The van der Waals surface area contributed by atoms with E-state index in [1.165, 1.54) is 16.4 Å². The van der Waals surface area contributed by atoms with Crippen LogP contribution in [0.15, 0.2) is 47.4 Å². The second kappa shape index (κ2) is 9.80. The van der Waals surface area contributed by atoms with Crippen LogP contribution in [0.5, 0.6) is 11.5 Å². The average Bonchev–Trinajstić information content (AvgIpc) is 3.31. The maximum Gasteiger partial charge on any atom is 0.251 e. The van der Waals surface area contributed by atoms with E-state index in [0.29, 0.717) is 22.7 Å². The molecule has 0 unspecified atom stereocenters. The molecule has 9 nitrogen and oxygen atoms in total. The molecule has 0 aromatic heterocycles. The van der Waals surface area contributed by atoms with E-state index in [2.05, 4.69) is 10.6 Å². The van der Waals surface area contributed by atoms with Crippen LogP contribution in [0.4, 0.5) is 5.69 Å². The largest absolute Gasteiger partial charge is 0.454 e. The van der Waals surface area contributed by atoms with Gasteiger partial charge < -0.3 is 20.1 Å². The summed E-state index contributed by atoms with van der Waals surface area (Å²) in [6, 6.07) is 10.8. The number of hydrogen-bond donors (Lipinski definition) is 2. The van der Waals surface area contributed by atoms with E-state index < -0.39 is 21.8 Å². The summed E-state index contributed by atoms with van der Waals surface area (Å²) in [5, 5.41) is 5.20. The quantitative estimate of drug-likeness (QED) is 0.639. The lowest BCUT2D eigenvalue weighted by molar-refractivity contribution is -0.115. The zero-order chi connectivity index (χ0) is 23.4. The van der Waals surface area contributed by atoms with Gasteiger partial charge in [0.05, 0.1) is 11.4 Å². The van der Waals surface area contributed by atoms with E-state index >= 15 is 0 Å². The summed E-state index contributed by atoms with van der Waals surface area (Å²) < 4.78 is 37.8. The lowest BCUT2D eigenvalue weighted by Crippen LogP contribution is -2.38. The molecule has 2 amide bonds. The fourth-order valence-electron chi connectivity index (χ4n) is 4.02. The van der Waals surface area contributed by atoms with Crippen molar-refractivity contribution in [3.8, 4) is 11.5 Å². The molecule has 2 aromatic carbocycles. The Balaban J connectivity index is 1.31. The van der Waals surface area contributed by atoms with Crippen molar-refractivity contribution in [2.45, 2.75) is 43.0 Å². The number of anilines is 1. The van der Waals surface area contributed by atoms with Gasteiger partial charge in [0.1, 0.15) is 0 Å². The molecule has 176 valence electrons. The van der Waals surface area contributed by atoms with Crippen LogP contribution < -0.4 is 20.1 Å². The van der Waals surface area contributed by atoms with Gasteiger partial charge >= 0.3 is 0 Å². The third-order valence-corrected chi connectivity index (χ3v) is 7.87. The molecule has 1 fully saturated rings. The first-order valence-electron chi connectivity index (χ1n) is 10.9. The van der Waals surface area contributed by atoms with Crippen molar-refractivity contribution >= 4 is 27.5 Å². The molecule has 0 bridgehead atoms. The zero-order valence-electron chi connectivity index (χ0n) is 18.4. The number of nitrogens with zero attached hydrogens (tertiary/aromatic N) is 1. The first-order valence-corrected chi connectivity index (χ1v) is 12.3. The normalized spacial score (nSPS) is 15.9. The highest BCUT2D eigenvalue weighted by Crippen LogP contribution is 2.32. The van der Waals surface area contributed by atoms with Crippen molar-refractivity contribution in [3.63, 3.8) is 0 Å². The minimum atomic E-state index is -3.60. The van der Waals surface area contributed by atoms with Crippen LogP contribution in [0, 0.1) is 0 Å². The predicted octanol–water partition coefficient (Wildman–Crippen LogP) is 2.74. The zero-order valence-corrected chi connectivity index (χ0v) is 19.2. The molecular weight excluding hydrogens is 446 g/mol. The van der Waals surface area contributed by atoms with Gasteiger partial charge in [-0.25, -0.2) is 8.42 Å². The van der Waals surface area contributed by atoms with Crippen LogP contribution in [0.2, 0.25) is 0 Å². The molecular formula is C23H27N3O6S. The average molecular weight is 474 g/mol. The monoisotopic (exact) mass is 473 g/mol. The van der Waals surface area contributed by atoms with E-state index in [1.807, 2.05) is 0 Å². The molecule has 2 N–H and O–H groups in total. The Labute approximate surface area is 193 Å². The summed E-state index contributed by atoms with van der Waals surface area (Å²) in [5.41, 5.74) is 0.792. The van der Waals surface area contributed by atoms with Gasteiger partial charge in [-0.05, 0) is 55.3 Å². The fourth-order valence-corrected chi connectivity index (χ4v) is 5.44. The lowest BCUT2D eigenvalue weighted by Gasteiger charge is -2.30. The number of carbonyl (C=O) groups excluding carboxylic acids is 2. The minimum Gasteiger partial charge on any atom is -0.454 e. The SMILES string of the molecule is CN(C1CCCCC1)S(=O)(=O)c1ccc(NC(=O)CNC(=O)c2ccc3c(c2)OCO3)cc1. The highest BCUT2D eigenvalue weighted by molar-refractivity contribution is 7.89. The molecule has 10 heteroatoms. The van der Waals surface area contributed by atoms with Crippen LogP contribution in [0.3, 0.4) is 0 Å². The summed E-state index contributed by atoms with van der Waals surface area (Å²) >= 11 is 0. The third kappa shape index (κ3) is 5.28. The molecule has 1 saturated carbocycles. The standard InChI is InChI=1S/C23H27N3O6S/c1-26(18-5-3-2-4-6-18)33(29,30)19-10-8-17(9-11-19)25-22(27)14-24-23(28)16-7-12-20-21(13-16)32-15-31-20/h7-13,18H,2-6,14-15H2,1H3,(H,24,28)(H,25,27). The van der Waals surface area contributed by atoms with Crippen LogP contribution in [0.1, 0.15) is 42.5 Å². The van der Waals surface area contributed by atoms with Crippen LogP contribution in [0.25, 0.3) is 0 Å². The Hall–Kier alpha value is -3.11. The van der Waals surface area contributed by atoms with Gasteiger partial charge in [0, 0.05) is 24.3 Å². The molecule has 0 saturated heterocycles. The van der Waals surface area contributed by atoms with Crippen molar-refractivity contribution in [1.29, 1.82) is 0 Å². The Morgan fingerprint density at radius 2 is 1.70 bits per heavy atom. The molecule has 33 heavy (non-hydrogen) atoms. The second-order valence-corrected chi connectivity index (χ2v) is 10.1. The number of amides is 2. The summed E-state index contributed by atoms with van der Waals surface area (Å²) in [6.45, 7) is -0.127. The summed E-state index contributed by atoms with van der Waals surface area (Å²) in [4.78, 5) is 24.7. The highest BCUT2D eigenvalue weighted by Gasteiger charge is 2.29. The van der Waals surface area contributed by atoms with Crippen molar-refractivity contribution in [2.24, 2.45) is 0 Å². The molecule has 0 radical (unpaired) electrons. The summed E-state index contributed by atoms with van der Waals surface area (Å²) in [7, 11) is -1.97. The summed E-state index contributed by atoms with van der Waals surface area (Å²) in [6.07, 6.45) is 4.99. The van der Waals surface area contributed by atoms with Crippen LogP contribution in [-0.4, -0.2) is 51.0 Å². The molecule has 4 rings (SSSR count). The van der Waals surface area contributed by atoms with E-state index in [9.17, 15) is 18.0 Å². The van der Waals surface area contributed by atoms with Crippen molar-refractivity contribution < 1.29 is 27.5 Å². The van der Waals surface area contributed by atoms with Gasteiger partial charge in [-0.1, -0.05) is 19.3 Å². The fraction of sp³-hybridized carbons (Fsp3) is 0.391. The van der Waals surface area contributed by atoms with E-state index in [4.69, 9.17) is 9.47 Å². The number of fused-ring (bicyclic) bond motifs is 1. The van der Waals surface area contributed by atoms with Crippen molar-refractivity contribution in [2.75, 3.05) is 25.7 Å². The lowest BCUT2D eigenvalue weighted by atomic mass is 9.96. The third-order valence-electron chi connectivity index (χ3n) is 5.95. The number of ether oxygens (including phenoxy) is 2. The molecule has 1 aliphatic carbocycles. The van der Waals surface area contributed by atoms with E-state index in [1.54, 1.807) is 37.4 Å². The van der Waals surface area contributed by atoms with Crippen molar-refractivity contribution in [1.82, 2.24) is 9.62 Å². The topological polar surface area (TPSA) is 114 Å². The Kier molecular flexibility index (Phi) is 6.85. The second-order valence-electron chi connectivity index (χ2n) is 8.14. The Morgan fingerprint density at radius 3 is 2.42 bits per heavy atom. The number of carbonyl (C=O) groups is 2. The molecule has 2 aliphatic rings. The maximum absolute atomic E-state index is 12.9. The van der Waals surface area contributed by atoms with Crippen LogP contribution >= 0.6 is 0 Å². The van der Waals surface area contributed by atoms with E-state index in [-0.39, 0.29) is 24.3 Å². The molecule has 2 aromatic rings. The Bertz CT molecular complexity index is 1130. The van der Waals surface area contributed by atoms with Crippen molar-refractivity contribution in [3.05, 3.63) is 48.0 Å². The number of rotatable bonds is 7. The number of nitrogens with one attached hydrogen (secondary N) is 2. The van der Waals surface area contributed by atoms with Gasteiger partial charge in [0.15, 0.2) is 11.5 Å². The number of benzene rings is 2. The maximum atomic E-state index is 12.9. The first kappa shape index (κ1) is 23.1. The number of hydrogen-bond acceptors (Lipinski definition) is 6. The predicted molar refractivity (Wildman–Crippen MR) is 122 cm³/mol. The molecule has 1 heterocycles. The summed E-state index contributed by atoms with van der Waals surface area (Å²) in [5.74, 6) is 0.200.